The maximum absolute atomic E-state index is 12.5. The number of carboxylic acids is 1. The van der Waals surface area contributed by atoms with Crippen LogP contribution in [0, 0.1) is 0 Å². The van der Waals surface area contributed by atoms with E-state index in [4.69, 9.17) is 24.8 Å². The molecule has 0 aliphatic rings. The number of phosphoric acid groups is 1. The van der Waals surface area contributed by atoms with Crippen LogP contribution in [0.4, 0.5) is 0 Å². The lowest BCUT2D eigenvalue weighted by Gasteiger charge is -2.20. The van der Waals surface area contributed by atoms with Gasteiger partial charge in [0.1, 0.15) is 12.6 Å². The molecule has 0 saturated heterocycles. The lowest BCUT2D eigenvalue weighted by molar-refractivity contribution is -0.160. The fraction of sp³-hybridized carbons (Fsp3) is 0.651. The van der Waals surface area contributed by atoms with E-state index in [1.807, 2.05) is 18.2 Å². The zero-order valence-electron chi connectivity index (χ0n) is 33.7. The number of rotatable bonds is 37. The number of nitrogens with two attached hydrogens (primary N) is 1. The Kier molecular flexibility index (Phi) is 35.7. The molecular formula is C43H72NO10P. The molecule has 0 amide bonds. The molecule has 0 aromatic heterocycles. The summed E-state index contributed by atoms with van der Waals surface area (Å²) in [5.41, 5.74) is 5.32. The van der Waals surface area contributed by atoms with Gasteiger partial charge in [0.05, 0.1) is 19.6 Å². The largest absolute Gasteiger partial charge is 0.480 e. The number of aliphatic carboxylic acids is 1. The smallest absolute Gasteiger partial charge is 0.472 e. The predicted molar refractivity (Wildman–Crippen MR) is 221 cm³/mol. The minimum absolute atomic E-state index is 0.0757. The van der Waals surface area contributed by atoms with Crippen LogP contribution >= 0.6 is 7.82 Å². The van der Waals surface area contributed by atoms with Crippen molar-refractivity contribution in [2.75, 3.05) is 19.8 Å². The first-order valence-electron chi connectivity index (χ1n) is 20.5. The van der Waals surface area contributed by atoms with E-state index in [1.165, 1.54) is 44.9 Å². The summed E-state index contributed by atoms with van der Waals surface area (Å²) in [6.07, 6.45) is 44.3. The molecule has 0 heterocycles. The van der Waals surface area contributed by atoms with Crippen molar-refractivity contribution < 1.29 is 47.5 Å². The van der Waals surface area contributed by atoms with Gasteiger partial charge in [-0.1, -0.05) is 145 Å². The van der Waals surface area contributed by atoms with Gasteiger partial charge in [-0.2, -0.15) is 0 Å². The molecule has 11 nitrogen and oxygen atoms in total. The molecule has 0 aromatic rings. The standard InChI is InChI=1S/C43H72NO10P/c1-3-5-7-9-11-13-15-17-19-21-22-24-26-28-30-32-34-41(45)51-36-39(37-52-55(49,50)53-38-40(44)43(47)48)54-42(46)35-33-31-29-27-25-23-20-18-16-14-12-10-8-6-4-2/h6,8,12,14,18-21,25,27,31,33,39-40H,3-5,7,9-11,13,15-17,22-24,26,28-30,32,34-38,44H2,1-2H3,(H,47,48)(H,49,50)/b8-6-,14-12-,20-18-,21-19-,27-25-,33-31-. The number of carbonyl (C=O) groups is 3. The third-order valence-electron chi connectivity index (χ3n) is 8.22. The number of hydrogen-bond donors (Lipinski definition) is 3. The van der Waals surface area contributed by atoms with Gasteiger partial charge in [0.15, 0.2) is 6.10 Å². The Morgan fingerprint density at radius 2 is 1.07 bits per heavy atom. The normalized spacial score (nSPS) is 14.5. The predicted octanol–water partition coefficient (Wildman–Crippen LogP) is 10.6. The molecule has 55 heavy (non-hydrogen) atoms. The van der Waals surface area contributed by atoms with Gasteiger partial charge in [-0.3, -0.25) is 23.4 Å². The Morgan fingerprint density at radius 1 is 0.600 bits per heavy atom. The van der Waals surface area contributed by atoms with Crippen molar-refractivity contribution in [1.29, 1.82) is 0 Å². The topological polar surface area (TPSA) is 172 Å². The fourth-order valence-electron chi connectivity index (χ4n) is 5.02. The SMILES string of the molecule is CC/C=C\C/C=C\C/C=C\C/C=C\C/C=C\CC(=O)OC(COC(=O)CCCCCCC/C=C\CCCCCCCCC)COP(=O)(O)OCC(N)C(=O)O. The van der Waals surface area contributed by atoms with Crippen LogP contribution in [-0.2, 0) is 37.5 Å². The summed E-state index contributed by atoms with van der Waals surface area (Å²) >= 11 is 0. The zero-order valence-corrected chi connectivity index (χ0v) is 34.6. The minimum Gasteiger partial charge on any atom is -0.480 e. The summed E-state index contributed by atoms with van der Waals surface area (Å²) in [4.78, 5) is 45.8. The van der Waals surface area contributed by atoms with Gasteiger partial charge in [-0.25, -0.2) is 4.57 Å². The molecule has 0 fully saturated rings. The molecule has 0 aromatic carbocycles. The number of allylic oxidation sites excluding steroid dienone is 11. The molecule has 314 valence electrons. The number of ether oxygens (including phenoxy) is 2. The van der Waals surface area contributed by atoms with E-state index in [1.54, 1.807) is 6.08 Å². The highest BCUT2D eigenvalue weighted by Crippen LogP contribution is 2.43. The first-order chi connectivity index (χ1) is 26.6. The number of carboxylic acid groups (broad SMARTS) is 1. The van der Waals surface area contributed by atoms with Crippen molar-refractivity contribution in [3.63, 3.8) is 0 Å². The maximum Gasteiger partial charge on any atom is 0.472 e. The number of esters is 2. The van der Waals surface area contributed by atoms with Gasteiger partial charge in [-0.15, -0.1) is 0 Å². The second kappa shape index (κ2) is 37.8. The van der Waals surface area contributed by atoms with Crippen LogP contribution in [0.2, 0.25) is 0 Å². The van der Waals surface area contributed by atoms with Crippen molar-refractivity contribution in [2.45, 2.75) is 161 Å². The quantitative estimate of drug-likeness (QED) is 0.0236. The van der Waals surface area contributed by atoms with E-state index in [-0.39, 0.29) is 12.8 Å². The Labute approximate surface area is 331 Å². The fourth-order valence-corrected chi connectivity index (χ4v) is 5.79. The van der Waals surface area contributed by atoms with Crippen molar-refractivity contribution in [3.8, 4) is 0 Å². The first kappa shape index (κ1) is 51.9. The van der Waals surface area contributed by atoms with E-state index >= 15 is 0 Å². The Hall–Kier alpha value is -3.08. The summed E-state index contributed by atoms with van der Waals surface area (Å²) in [6.45, 7) is 2.56. The number of carbonyl (C=O) groups excluding carboxylic acids is 2. The van der Waals surface area contributed by atoms with Crippen LogP contribution in [0.3, 0.4) is 0 Å². The lowest BCUT2D eigenvalue weighted by Crippen LogP contribution is -2.34. The van der Waals surface area contributed by atoms with Gasteiger partial charge >= 0.3 is 25.7 Å². The van der Waals surface area contributed by atoms with Crippen LogP contribution in [0.1, 0.15) is 149 Å². The van der Waals surface area contributed by atoms with E-state index in [0.29, 0.717) is 12.8 Å². The second-order valence-corrected chi connectivity index (χ2v) is 14.9. The van der Waals surface area contributed by atoms with Crippen molar-refractivity contribution in [3.05, 3.63) is 72.9 Å². The molecule has 0 bridgehead atoms. The van der Waals surface area contributed by atoms with Crippen molar-refractivity contribution >= 4 is 25.7 Å². The molecule has 0 radical (unpaired) electrons. The Bertz CT molecular complexity index is 1210. The van der Waals surface area contributed by atoms with Crippen molar-refractivity contribution in [1.82, 2.24) is 0 Å². The lowest BCUT2D eigenvalue weighted by atomic mass is 10.1. The van der Waals surface area contributed by atoms with E-state index < -0.39 is 57.7 Å². The second-order valence-electron chi connectivity index (χ2n) is 13.4. The Balaban J connectivity index is 4.55. The van der Waals surface area contributed by atoms with Crippen LogP contribution in [0.25, 0.3) is 0 Å². The highest BCUT2D eigenvalue weighted by Gasteiger charge is 2.28. The third kappa shape index (κ3) is 37.6. The molecule has 3 atom stereocenters. The average molecular weight is 794 g/mol. The van der Waals surface area contributed by atoms with E-state index in [9.17, 15) is 23.8 Å². The van der Waals surface area contributed by atoms with E-state index in [2.05, 4.69) is 67.0 Å². The summed E-state index contributed by atoms with van der Waals surface area (Å²) < 4.78 is 32.5. The molecular weight excluding hydrogens is 721 g/mol. The maximum atomic E-state index is 12.5. The monoisotopic (exact) mass is 793 g/mol. The van der Waals surface area contributed by atoms with Gasteiger partial charge in [0.25, 0.3) is 0 Å². The van der Waals surface area contributed by atoms with Crippen LogP contribution in [0.15, 0.2) is 72.9 Å². The summed E-state index contributed by atoms with van der Waals surface area (Å²) in [5.74, 6) is -2.56. The highest BCUT2D eigenvalue weighted by atomic mass is 31.2. The van der Waals surface area contributed by atoms with E-state index in [0.717, 1.165) is 64.2 Å². The summed E-state index contributed by atoms with van der Waals surface area (Å²) in [5, 5.41) is 8.87. The number of phosphoric ester groups is 1. The molecule has 0 aliphatic heterocycles. The number of unbranched alkanes of at least 4 members (excludes halogenated alkanes) is 12. The minimum atomic E-state index is -4.74. The first-order valence-corrected chi connectivity index (χ1v) is 22.0. The molecule has 3 unspecified atom stereocenters. The van der Waals surface area contributed by atoms with Crippen LogP contribution in [-0.4, -0.2) is 59.9 Å². The zero-order chi connectivity index (χ0) is 40.7. The van der Waals surface area contributed by atoms with Gasteiger partial charge in [-0.05, 0) is 64.2 Å². The molecule has 4 N–H and O–H groups in total. The highest BCUT2D eigenvalue weighted by molar-refractivity contribution is 7.47. The van der Waals surface area contributed by atoms with Gasteiger partial charge in [0, 0.05) is 6.42 Å². The molecule has 0 aliphatic carbocycles. The molecule has 12 heteroatoms. The third-order valence-corrected chi connectivity index (χ3v) is 9.17. The molecule has 0 spiro atoms. The van der Waals surface area contributed by atoms with Gasteiger partial charge < -0.3 is 25.2 Å². The molecule has 0 saturated carbocycles. The van der Waals surface area contributed by atoms with Crippen LogP contribution in [0.5, 0.6) is 0 Å². The average Bonchev–Trinajstić information content (AvgIpc) is 3.16. The summed E-state index contributed by atoms with van der Waals surface area (Å²) in [7, 11) is -4.74. The summed E-state index contributed by atoms with van der Waals surface area (Å²) in [6, 6.07) is -1.54. The number of hydrogen-bond acceptors (Lipinski definition) is 9. The van der Waals surface area contributed by atoms with Gasteiger partial charge in [0.2, 0.25) is 0 Å². The van der Waals surface area contributed by atoms with Crippen LogP contribution < -0.4 is 5.73 Å². The Morgan fingerprint density at radius 3 is 1.60 bits per heavy atom. The molecule has 0 rings (SSSR count). The van der Waals surface area contributed by atoms with Crippen molar-refractivity contribution in [2.24, 2.45) is 5.73 Å².